The summed E-state index contributed by atoms with van der Waals surface area (Å²) in [5.74, 6) is 0.708. The molecular weight excluding hydrogens is 412 g/mol. The third kappa shape index (κ3) is 4.38. The molecule has 6 nitrogen and oxygen atoms in total. The Labute approximate surface area is 184 Å². The van der Waals surface area contributed by atoms with Gasteiger partial charge in [-0.15, -0.1) is 0 Å². The molecule has 0 bridgehead atoms. The fourth-order valence-electron chi connectivity index (χ4n) is 4.18. The lowest BCUT2D eigenvalue weighted by Gasteiger charge is -2.12. The van der Waals surface area contributed by atoms with Crippen molar-refractivity contribution in [2.45, 2.75) is 57.1 Å². The maximum atomic E-state index is 13.0. The number of carbonyl (C=O) groups is 1. The van der Waals surface area contributed by atoms with E-state index in [1.54, 1.807) is 30.1 Å². The Morgan fingerprint density at radius 2 is 1.74 bits per heavy atom. The lowest BCUT2D eigenvalue weighted by molar-refractivity contribution is -0.112. The number of likely N-dealkylation sites (N-methyl/N-ethyl adjacent to an activating group) is 1. The van der Waals surface area contributed by atoms with E-state index in [-0.39, 0.29) is 23.5 Å². The zero-order valence-corrected chi connectivity index (χ0v) is 19.0. The molecule has 4 rings (SSSR count). The Morgan fingerprint density at radius 3 is 2.39 bits per heavy atom. The minimum atomic E-state index is -3.72. The van der Waals surface area contributed by atoms with Gasteiger partial charge in [-0.3, -0.25) is 4.79 Å². The highest BCUT2D eigenvalue weighted by Gasteiger charge is 2.34. The SMILES string of the molecule is CC(C)Oc1ccc(CNS(=O)(=O)c2ccc3c(c2)C(=C2CCCC2)C(=O)N3C)cc1. The van der Waals surface area contributed by atoms with Crippen LogP contribution in [0.1, 0.15) is 50.7 Å². The zero-order chi connectivity index (χ0) is 22.2. The van der Waals surface area contributed by atoms with Gasteiger partial charge in [-0.25, -0.2) is 13.1 Å². The largest absolute Gasteiger partial charge is 0.491 e. The molecule has 1 aliphatic heterocycles. The van der Waals surface area contributed by atoms with Crippen molar-refractivity contribution >= 4 is 27.2 Å². The molecule has 1 saturated carbocycles. The fourth-order valence-corrected chi connectivity index (χ4v) is 5.22. The van der Waals surface area contributed by atoms with Crippen molar-refractivity contribution in [2.24, 2.45) is 0 Å². The van der Waals surface area contributed by atoms with Gasteiger partial charge in [-0.2, -0.15) is 0 Å². The predicted octanol–water partition coefficient (Wildman–Crippen LogP) is 4.26. The molecule has 7 heteroatoms. The summed E-state index contributed by atoms with van der Waals surface area (Å²) in [6.07, 6.45) is 4.04. The minimum absolute atomic E-state index is 0.0434. The molecule has 0 atom stereocenters. The zero-order valence-electron chi connectivity index (χ0n) is 18.1. The van der Waals surface area contributed by atoms with Crippen LogP contribution in [-0.2, 0) is 21.4 Å². The summed E-state index contributed by atoms with van der Waals surface area (Å²) < 4.78 is 34.2. The molecule has 1 N–H and O–H groups in total. The Bertz CT molecular complexity index is 1130. The molecule has 0 spiro atoms. The van der Waals surface area contributed by atoms with Crippen molar-refractivity contribution in [1.29, 1.82) is 0 Å². The van der Waals surface area contributed by atoms with E-state index >= 15 is 0 Å². The maximum absolute atomic E-state index is 13.0. The van der Waals surface area contributed by atoms with E-state index in [9.17, 15) is 13.2 Å². The van der Waals surface area contributed by atoms with E-state index < -0.39 is 10.0 Å². The molecule has 1 aliphatic carbocycles. The van der Waals surface area contributed by atoms with E-state index in [1.165, 1.54) is 0 Å². The number of ether oxygens (including phenoxy) is 1. The Balaban J connectivity index is 1.56. The first-order valence-corrected chi connectivity index (χ1v) is 12.1. The third-order valence-corrected chi connectivity index (χ3v) is 7.15. The Morgan fingerprint density at radius 1 is 1.06 bits per heavy atom. The highest BCUT2D eigenvalue weighted by atomic mass is 32.2. The molecule has 0 aromatic heterocycles. The van der Waals surface area contributed by atoms with E-state index in [0.717, 1.165) is 53.8 Å². The first kappa shape index (κ1) is 21.6. The standard InChI is InChI=1S/C24H28N2O4S/c1-16(2)30-19-10-8-17(9-11-19)15-25-31(28,29)20-12-13-22-21(14-20)23(24(27)26(22)3)18-6-4-5-7-18/h8-14,16,25H,4-7,15H2,1-3H3. The van der Waals surface area contributed by atoms with Gasteiger partial charge in [-0.1, -0.05) is 17.7 Å². The number of rotatable bonds is 6. The van der Waals surface area contributed by atoms with E-state index in [4.69, 9.17) is 4.74 Å². The Hall–Kier alpha value is -2.64. The molecule has 0 radical (unpaired) electrons. The maximum Gasteiger partial charge on any atom is 0.258 e. The van der Waals surface area contributed by atoms with Crippen LogP contribution in [0.2, 0.25) is 0 Å². The van der Waals surface area contributed by atoms with Crippen LogP contribution in [0.5, 0.6) is 5.75 Å². The second kappa shape index (κ2) is 8.48. The van der Waals surface area contributed by atoms with E-state index in [1.807, 2.05) is 38.1 Å². The number of benzene rings is 2. The first-order chi connectivity index (χ1) is 14.8. The predicted molar refractivity (Wildman–Crippen MR) is 121 cm³/mol. The van der Waals surface area contributed by atoms with Crippen molar-refractivity contribution in [3.8, 4) is 5.75 Å². The number of nitrogens with zero attached hydrogens (tertiary/aromatic N) is 1. The highest BCUT2D eigenvalue weighted by molar-refractivity contribution is 7.89. The molecule has 164 valence electrons. The van der Waals surface area contributed by atoms with Gasteiger partial charge in [0.05, 0.1) is 16.7 Å². The number of sulfonamides is 1. The first-order valence-electron chi connectivity index (χ1n) is 10.7. The quantitative estimate of drug-likeness (QED) is 0.681. The second-order valence-corrected chi connectivity index (χ2v) is 10.1. The highest BCUT2D eigenvalue weighted by Crippen LogP contribution is 2.42. The van der Waals surface area contributed by atoms with Gasteiger partial charge in [0.25, 0.3) is 5.91 Å². The van der Waals surface area contributed by atoms with Gasteiger partial charge in [0.15, 0.2) is 0 Å². The number of amides is 1. The van der Waals surface area contributed by atoms with Gasteiger partial charge in [0, 0.05) is 24.7 Å². The molecule has 0 saturated heterocycles. The normalized spacial score (nSPS) is 16.4. The van der Waals surface area contributed by atoms with Crippen LogP contribution in [0.3, 0.4) is 0 Å². The van der Waals surface area contributed by atoms with Crippen LogP contribution in [0, 0.1) is 0 Å². The molecule has 2 aliphatic rings. The average molecular weight is 441 g/mol. The number of fused-ring (bicyclic) bond motifs is 1. The Kier molecular flexibility index (Phi) is 5.90. The van der Waals surface area contributed by atoms with Gasteiger partial charge in [0.1, 0.15) is 5.75 Å². The molecular formula is C24H28N2O4S. The molecule has 2 aromatic rings. The molecule has 1 fully saturated rings. The summed E-state index contributed by atoms with van der Waals surface area (Å²) in [6, 6.07) is 12.3. The smallest absolute Gasteiger partial charge is 0.258 e. The summed E-state index contributed by atoms with van der Waals surface area (Å²) in [5.41, 5.74) is 4.15. The monoisotopic (exact) mass is 440 g/mol. The molecule has 1 heterocycles. The lowest BCUT2D eigenvalue weighted by Crippen LogP contribution is -2.23. The number of allylic oxidation sites excluding steroid dienone is 1. The number of carbonyl (C=O) groups excluding carboxylic acids is 1. The van der Waals surface area contributed by atoms with Crippen LogP contribution in [-0.4, -0.2) is 27.5 Å². The van der Waals surface area contributed by atoms with Crippen molar-refractivity contribution in [3.63, 3.8) is 0 Å². The van der Waals surface area contributed by atoms with Gasteiger partial charge >= 0.3 is 0 Å². The second-order valence-electron chi connectivity index (χ2n) is 8.36. The van der Waals surface area contributed by atoms with Crippen LogP contribution in [0.25, 0.3) is 5.57 Å². The van der Waals surface area contributed by atoms with Gasteiger partial charge < -0.3 is 9.64 Å². The van der Waals surface area contributed by atoms with Crippen LogP contribution < -0.4 is 14.4 Å². The average Bonchev–Trinajstić information content (AvgIpc) is 3.34. The van der Waals surface area contributed by atoms with Crippen molar-refractivity contribution in [2.75, 3.05) is 11.9 Å². The summed E-state index contributed by atoms with van der Waals surface area (Å²) >= 11 is 0. The minimum Gasteiger partial charge on any atom is -0.491 e. The van der Waals surface area contributed by atoms with Crippen molar-refractivity contribution < 1.29 is 17.9 Å². The fraction of sp³-hybridized carbons (Fsp3) is 0.375. The van der Waals surface area contributed by atoms with Gasteiger partial charge in [-0.05, 0) is 75.4 Å². The van der Waals surface area contributed by atoms with Crippen LogP contribution >= 0.6 is 0 Å². The van der Waals surface area contributed by atoms with E-state index in [2.05, 4.69) is 4.72 Å². The third-order valence-electron chi connectivity index (χ3n) is 5.75. The van der Waals surface area contributed by atoms with Crippen LogP contribution in [0.4, 0.5) is 5.69 Å². The number of hydrogen-bond donors (Lipinski definition) is 1. The van der Waals surface area contributed by atoms with Crippen molar-refractivity contribution in [3.05, 3.63) is 59.2 Å². The number of anilines is 1. The summed E-state index contributed by atoms with van der Waals surface area (Å²) in [5, 5.41) is 0. The molecule has 1 amide bonds. The van der Waals surface area contributed by atoms with Crippen LogP contribution in [0.15, 0.2) is 52.9 Å². The molecule has 0 unspecified atom stereocenters. The van der Waals surface area contributed by atoms with Gasteiger partial charge in [0.2, 0.25) is 10.0 Å². The lowest BCUT2D eigenvalue weighted by atomic mass is 10.00. The summed E-state index contributed by atoms with van der Waals surface area (Å²) in [7, 11) is -1.99. The number of nitrogens with one attached hydrogen (secondary N) is 1. The van der Waals surface area contributed by atoms with E-state index in [0.29, 0.717) is 5.57 Å². The summed E-state index contributed by atoms with van der Waals surface area (Å²) in [4.78, 5) is 14.6. The molecule has 31 heavy (non-hydrogen) atoms. The molecule has 2 aromatic carbocycles. The van der Waals surface area contributed by atoms with Crippen molar-refractivity contribution in [1.82, 2.24) is 4.72 Å². The topological polar surface area (TPSA) is 75.7 Å². The number of hydrogen-bond acceptors (Lipinski definition) is 4. The summed E-state index contributed by atoms with van der Waals surface area (Å²) in [6.45, 7) is 4.09.